The smallest absolute Gasteiger partial charge is 0.340 e. The third kappa shape index (κ3) is 2.65. The molecule has 5 heteroatoms. The number of methoxy groups -OCH3 is 1. The van der Waals surface area contributed by atoms with E-state index >= 15 is 0 Å². The number of carbonyl (C=O) groups excluding carboxylic acids is 1. The molecule has 1 rings (SSSR count). The minimum Gasteiger partial charge on any atom is -0.462 e. The second-order valence-electron chi connectivity index (χ2n) is 3.14. The van der Waals surface area contributed by atoms with E-state index in [4.69, 9.17) is 26.8 Å². The molecule has 0 unspecified atom stereocenters. The Labute approximate surface area is 99.3 Å². The third-order valence-corrected chi connectivity index (χ3v) is 2.44. The predicted octanol–water partition coefficient (Wildman–Crippen LogP) is 2.25. The first-order valence-corrected chi connectivity index (χ1v) is 5.22. The molecule has 0 saturated heterocycles. The van der Waals surface area contributed by atoms with Crippen LogP contribution in [-0.4, -0.2) is 19.7 Å². The van der Waals surface area contributed by atoms with E-state index in [-0.39, 0.29) is 6.61 Å². The van der Waals surface area contributed by atoms with Crippen molar-refractivity contribution < 1.29 is 14.3 Å². The van der Waals surface area contributed by atoms with E-state index in [1.165, 1.54) is 7.11 Å². The van der Waals surface area contributed by atoms with Crippen LogP contribution in [0.4, 0.5) is 5.69 Å². The summed E-state index contributed by atoms with van der Waals surface area (Å²) in [7, 11) is 1.53. The number of hydrogen-bond donors (Lipinski definition) is 1. The zero-order valence-corrected chi connectivity index (χ0v) is 10.0. The van der Waals surface area contributed by atoms with Gasteiger partial charge in [-0.05, 0) is 19.1 Å². The van der Waals surface area contributed by atoms with Crippen molar-refractivity contribution in [1.29, 1.82) is 0 Å². The molecule has 0 saturated carbocycles. The molecule has 0 aromatic heterocycles. The molecule has 0 fully saturated rings. The number of nitrogens with two attached hydrogens (primary N) is 1. The summed E-state index contributed by atoms with van der Waals surface area (Å²) in [5, 5.41) is 0.479. The highest BCUT2D eigenvalue weighted by Crippen LogP contribution is 2.27. The maximum absolute atomic E-state index is 11.5. The molecule has 0 aliphatic rings. The molecule has 0 bridgehead atoms. The highest BCUT2D eigenvalue weighted by molar-refractivity contribution is 6.32. The van der Waals surface area contributed by atoms with Crippen LogP contribution in [0.15, 0.2) is 12.1 Å². The molecule has 0 aliphatic carbocycles. The number of benzene rings is 1. The molecular weight excluding hydrogens is 230 g/mol. The normalized spacial score (nSPS) is 10.2. The molecule has 1 aromatic carbocycles. The fourth-order valence-electron chi connectivity index (χ4n) is 1.32. The highest BCUT2D eigenvalue weighted by Gasteiger charge is 2.15. The molecule has 0 amide bonds. The fraction of sp³-hybridized carbons (Fsp3) is 0.364. The molecule has 2 N–H and O–H groups in total. The van der Waals surface area contributed by atoms with E-state index in [1.807, 2.05) is 0 Å². The first-order chi connectivity index (χ1) is 7.61. The number of hydrogen-bond acceptors (Lipinski definition) is 4. The van der Waals surface area contributed by atoms with E-state index in [9.17, 15) is 4.79 Å². The van der Waals surface area contributed by atoms with Crippen LogP contribution < -0.4 is 5.73 Å². The Morgan fingerprint density at radius 2 is 2.19 bits per heavy atom. The maximum Gasteiger partial charge on any atom is 0.340 e. The number of nitrogen functional groups attached to an aromatic ring is 1. The quantitative estimate of drug-likeness (QED) is 0.651. The Morgan fingerprint density at radius 3 is 2.75 bits per heavy atom. The van der Waals surface area contributed by atoms with Crippen molar-refractivity contribution in [3.05, 3.63) is 28.3 Å². The lowest BCUT2D eigenvalue weighted by atomic mass is 10.1. The average Bonchev–Trinajstić information content (AvgIpc) is 2.24. The molecular formula is C11H14ClNO3. The Bertz CT molecular complexity index is 393. The van der Waals surface area contributed by atoms with Crippen LogP contribution in [0, 0.1) is 0 Å². The molecule has 0 aliphatic heterocycles. The molecule has 4 nitrogen and oxygen atoms in total. The fourth-order valence-corrected chi connectivity index (χ4v) is 1.54. The number of halogens is 1. The molecule has 88 valence electrons. The molecule has 0 atom stereocenters. The minimum absolute atomic E-state index is 0.262. The SMILES string of the molecule is CCOC(=O)c1ccc(Cl)c(COC)c1N. The van der Waals surface area contributed by atoms with Gasteiger partial charge in [-0.15, -0.1) is 0 Å². The number of carbonyl (C=O) groups is 1. The summed E-state index contributed by atoms with van der Waals surface area (Å²) in [6.45, 7) is 2.30. The molecule has 0 spiro atoms. The van der Waals surface area contributed by atoms with E-state index in [0.717, 1.165) is 0 Å². The molecule has 0 radical (unpaired) electrons. The predicted molar refractivity (Wildman–Crippen MR) is 62.5 cm³/mol. The summed E-state index contributed by atoms with van der Waals surface area (Å²) in [5.74, 6) is -0.450. The first kappa shape index (κ1) is 12.8. The molecule has 1 aromatic rings. The van der Waals surface area contributed by atoms with Crippen molar-refractivity contribution in [1.82, 2.24) is 0 Å². The van der Waals surface area contributed by atoms with Gasteiger partial charge >= 0.3 is 5.97 Å². The van der Waals surface area contributed by atoms with Crippen molar-refractivity contribution in [3.8, 4) is 0 Å². The summed E-state index contributed by atoms with van der Waals surface area (Å²) in [6, 6.07) is 3.16. The van der Waals surface area contributed by atoms with Gasteiger partial charge in [0.05, 0.1) is 24.5 Å². The second kappa shape index (κ2) is 5.72. The highest BCUT2D eigenvalue weighted by atomic mass is 35.5. The van der Waals surface area contributed by atoms with E-state index in [2.05, 4.69) is 0 Å². The molecule has 0 heterocycles. The van der Waals surface area contributed by atoms with Crippen molar-refractivity contribution in [2.45, 2.75) is 13.5 Å². The number of ether oxygens (including phenoxy) is 2. The van der Waals surface area contributed by atoms with Gasteiger partial charge in [-0.3, -0.25) is 0 Å². The molecule has 16 heavy (non-hydrogen) atoms. The minimum atomic E-state index is -0.450. The van der Waals surface area contributed by atoms with Gasteiger partial charge in [-0.25, -0.2) is 4.79 Å². The largest absolute Gasteiger partial charge is 0.462 e. The van der Waals surface area contributed by atoms with Gasteiger partial charge in [0.1, 0.15) is 0 Å². The standard InChI is InChI=1S/C11H14ClNO3/c1-3-16-11(14)7-4-5-9(12)8(6-15-2)10(7)13/h4-5H,3,6,13H2,1-2H3. The average molecular weight is 244 g/mol. The number of anilines is 1. The Balaban J connectivity index is 3.12. The van der Waals surface area contributed by atoms with Crippen molar-refractivity contribution in [2.24, 2.45) is 0 Å². The first-order valence-electron chi connectivity index (χ1n) is 4.84. The number of rotatable bonds is 4. The maximum atomic E-state index is 11.5. The van der Waals surface area contributed by atoms with Gasteiger partial charge < -0.3 is 15.2 Å². The van der Waals surface area contributed by atoms with Crippen LogP contribution in [-0.2, 0) is 16.1 Å². The van der Waals surface area contributed by atoms with Gasteiger partial charge in [-0.1, -0.05) is 11.6 Å². The van der Waals surface area contributed by atoms with E-state index < -0.39 is 5.97 Å². The summed E-state index contributed by atoms with van der Waals surface area (Å²) >= 11 is 5.95. The van der Waals surface area contributed by atoms with Crippen LogP contribution in [0.25, 0.3) is 0 Å². The van der Waals surface area contributed by atoms with Gasteiger partial charge in [0.25, 0.3) is 0 Å². The lowest BCUT2D eigenvalue weighted by Crippen LogP contribution is -2.10. The van der Waals surface area contributed by atoms with Crippen LogP contribution in [0.1, 0.15) is 22.8 Å². The Hall–Kier alpha value is -1.26. The van der Waals surface area contributed by atoms with Gasteiger partial charge in [0, 0.05) is 17.7 Å². The third-order valence-electron chi connectivity index (χ3n) is 2.08. The summed E-state index contributed by atoms with van der Waals surface area (Å²) < 4.78 is 9.85. The van der Waals surface area contributed by atoms with Crippen LogP contribution >= 0.6 is 11.6 Å². The second-order valence-corrected chi connectivity index (χ2v) is 3.55. The number of esters is 1. The zero-order valence-electron chi connectivity index (χ0n) is 9.25. The monoisotopic (exact) mass is 243 g/mol. The lowest BCUT2D eigenvalue weighted by molar-refractivity contribution is 0.0527. The van der Waals surface area contributed by atoms with Gasteiger partial charge in [0.15, 0.2) is 0 Å². The Kier molecular flexibility index (Phi) is 4.58. The Morgan fingerprint density at radius 1 is 1.50 bits per heavy atom. The zero-order chi connectivity index (χ0) is 12.1. The summed E-state index contributed by atoms with van der Waals surface area (Å²) in [6.07, 6.45) is 0. The van der Waals surface area contributed by atoms with Crippen molar-refractivity contribution >= 4 is 23.3 Å². The van der Waals surface area contributed by atoms with Crippen molar-refractivity contribution in [3.63, 3.8) is 0 Å². The van der Waals surface area contributed by atoms with Crippen LogP contribution in [0.3, 0.4) is 0 Å². The topological polar surface area (TPSA) is 61.5 Å². The summed E-state index contributed by atoms with van der Waals surface area (Å²) in [5.41, 5.74) is 7.07. The van der Waals surface area contributed by atoms with Gasteiger partial charge in [0.2, 0.25) is 0 Å². The summed E-state index contributed by atoms with van der Waals surface area (Å²) in [4.78, 5) is 11.5. The van der Waals surface area contributed by atoms with Crippen LogP contribution in [0.2, 0.25) is 5.02 Å². The van der Waals surface area contributed by atoms with Gasteiger partial charge in [-0.2, -0.15) is 0 Å². The lowest BCUT2D eigenvalue weighted by Gasteiger charge is -2.11. The van der Waals surface area contributed by atoms with Crippen LogP contribution in [0.5, 0.6) is 0 Å². The van der Waals surface area contributed by atoms with Crippen molar-refractivity contribution in [2.75, 3.05) is 19.5 Å². The van der Waals surface area contributed by atoms with E-state index in [0.29, 0.717) is 28.4 Å². The van der Waals surface area contributed by atoms with E-state index in [1.54, 1.807) is 19.1 Å².